The van der Waals surface area contributed by atoms with Crippen LogP contribution in [0, 0.1) is 0 Å². The zero-order chi connectivity index (χ0) is 14.5. The third-order valence-corrected chi connectivity index (χ3v) is 3.60. The third-order valence-electron chi connectivity index (χ3n) is 3.60. The summed E-state index contributed by atoms with van der Waals surface area (Å²) in [5.41, 5.74) is 5.01. The van der Waals surface area contributed by atoms with Gasteiger partial charge in [0.15, 0.2) is 18.1 Å². The van der Waals surface area contributed by atoms with E-state index in [9.17, 15) is 0 Å². The largest absolute Gasteiger partial charge is 0.191 e. The van der Waals surface area contributed by atoms with E-state index in [1.807, 2.05) is 18.3 Å². The Kier molecular flexibility index (Phi) is 3.92. The van der Waals surface area contributed by atoms with Gasteiger partial charge in [0, 0.05) is 12.1 Å². The minimum Gasteiger partial charge on any atom is -0.171 e. The van der Waals surface area contributed by atoms with E-state index in [0.717, 1.165) is 6.42 Å². The molecule has 0 bridgehead atoms. The van der Waals surface area contributed by atoms with Gasteiger partial charge in [0.05, 0.1) is 6.42 Å². The minimum atomic E-state index is 0.896. The lowest BCUT2D eigenvalue weighted by atomic mass is 10.0. The lowest BCUT2D eigenvalue weighted by Crippen LogP contribution is -2.31. The molecule has 3 rings (SSSR count). The van der Waals surface area contributed by atoms with Crippen LogP contribution in [-0.4, -0.2) is 0 Å². The van der Waals surface area contributed by atoms with Gasteiger partial charge in [-0.3, -0.25) is 0 Å². The third kappa shape index (κ3) is 3.09. The molecule has 0 radical (unpaired) electrons. The van der Waals surface area contributed by atoms with Gasteiger partial charge in [0.2, 0.25) is 0 Å². The lowest BCUT2D eigenvalue weighted by Gasteiger charge is -2.05. The second-order valence-electron chi connectivity index (χ2n) is 5.02. The molecule has 0 spiro atoms. The topological polar surface area (TPSA) is 3.88 Å². The number of hydrogen-bond acceptors (Lipinski definition) is 0. The van der Waals surface area contributed by atoms with Crippen molar-refractivity contribution in [2.45, 2.75) is 6.42 Å². The van der Waals surface area contributed by atoms with Crippen LogP contribution in [0.1, 0.15) is 11.3 Å². The molecule has 1 heterocycles. The molecular weight excluding hydrogens is 254 g/mol. The van der Waals surface area contributed by atoms with Gasteiger partial charge in [-0.15, -0.1) is 0 Å². The second-order valence-corrected chi connectivity index (χ2v) is 5.02. The number of nitrogens with zero attached hydrogens (tertiary/aromatic N) is 1. The average Bonchev–Trinajstić information content (AvgIpc) is 2.56. The van der Waals surface area contributed by atoms with Crippen LogP contribution in [0.4, 0.5) is 0 Å². The standard InChI is InChI=1S/C20H18N/c1-2-21-14-13-19(18-11-7-4-8-12-18)16-20(21)15-17-9-5-3-6-10-17/h2-14,16H,1,15H2/q+1. The number of benzene rings is 2. The van der Waals surface area contributed by atoms with E-state index < -0.39 is 0 Å². The first kappa shape index (κ1) is 13.3. The van der Waals surface area contributed by atoms with Crippen molar-refractivity contribution >= 4 is 6.20 Å². The maximum absolute atomic E-state index is 3.90. The molecule has 0 N–H and O–H groups in total. The zero-order valence-corrected chi connectivity index (χ0v) is 11.9. The van der Waals surface area contributed by atoms with Crippen LogP contribution in [0.3, 0.4) is 0 Å². The number of aromatic nitrogens is 1. The summed E-state index contributed by atoms with van der Waals surface area (Å²) < 4.78 is 2.08. The number of rotatable bonds is 4. The summed E-state index contributed by atoms with van der Waals surface area (Å²) >= 11 is 0. The van der Waals surface area contributed by atoms with Gasteiger partial charge in [0.1, 0.15) is 0 Å². The highest BCUT2D eigenvalue weighted by Crippen LogP contribution is 2.19. The summed E-state index contributed by atoms with van der Waals surface area (Å²) in [5.74, 6) is 0. The highest BCUT2D eigenvalue weighted by Gasteiger charge is 2.11. The van der Waals surface area contributed by atoms with Gasteiger partial charge < -0.3 is 0 Å². The fourth-order valence-corrected chi connectivity index (χ4v) is 2.49. The van der Waals surface area contributed by atoms with E-state index in [1.165, 1.54) is 22.4 Å². The number of hydrogen-bond donors (Lipinski definition) is 0. The summed E-state index contributed by atoms with van der Waals surface area (Å²) in [6, 6.07) is 25.3. The minimum absolute atomic E-state index is 0.896. The molecule has 0 fully saturated rings. The van der Waals surface area contributed by atoms with Crippen LogP contribution in [0.2, 0.25) is 0 Å². The van der Waals surface area contributed by atoms with E-state index in [-0.39, 0.29) is 0 Å². The smallest absolute Gasteiger partial charge is 0.171 e. The van der Waals surface area contributed by atoms with E-state index in [1.54, 1.807) is 0 Å². The Bertz CT molecular complexity index is 730. The average molecular weight is 272 g/mol. The van der Waals surface area contributed by atoms with Gasteiger partial charge in [0.25, 0.3) is 0 Å². The Hall–Kier alpha value is -2.67. The molecule has 2 aromatic carbocycles. The summed E-state index contributed by atoms with van der Waals surface area (Å²) in [7, 11) is 0. The highest BCUT2D eigenvalue weighted by molar-refractivity contribution is 5.62. The molecule has 0 saturated heterocycles. The Balaban J connectivity index is 2.00. The van der Waals surface area contributed by atoms with Crippen molar-refractivity contribution in [1.29, 1.82) is 0 Å². The summed E-state index contributed by atoms with van der Waals surface area (Å²) in [5, 5.41) is 0. The summed E-state index contributed by atoms with van der Waals surface area (Å²) in [6.45, 7) is 3.90. The first-order valence-electron chi connectivity index (χ1n) is 7.13. The van der Waals surface area contributed by atoms with Crippen LogP contribution in [0.15, 0.2) is 85.6 Å². The predicted molar refractivity (Wildman–Crippen MR) is 87.7 cm³/mol. The van der Waals surface area contributed by atoms with Crippen molar-refractivity contribution < 1.29 is 4.57 Å². The molecule has 0 atom stereocenters. The van der Waals surface area contributed by atoms with Crippen molar-refractivity contribution in [3.63, 3.8) is 0 Å². The summed E-state index contributed by atoms with van der Waals surface area (Å²) in [4.78, 5) is 0. The van der Waals surface area contributed by atoms with Crippen LogP contribution in [0.25, 0.3) is 17.3 Å². The Morgan fingerprint density at radius 3 is 2.14 bits per heavy atom. The highest BCUT2D eigenvalue weighted by atomic mass is 14.9. The molecule has 102 valence electrons. The van der Waals surface area contributed by atoms with Gasteiger partial charge in [-0.1, -0.05) is 60.7 Å². The van der Waals surface area contributed by atoms with Crippen molar-refractivity contribution in [3.8, 4) is 11.1 Å². The van der Waals surface area contributed by atoms with Crippen molar-refractivity contribution in [2.75, 3.05) is 0 Å². The maximum atomic E-state index is 3.90. The molecule has 1 heteroatoms. The molecule has 0 aliphatic heterocycles. The van der Waals surface area contributed by atoms with Crippen molar-refractivity contribution in [3.05, 3.63) is 96.8 Å². The first-order valence-corrected chi connectivity index (χ1v) is 7.13. The molecule has 21 heavy (non-hydrogen) atoms. The quantitative estimate of drug-likeness (QED) is 0.622. The van der Waals surface area contributed by atoms with Crippen molar-refractivity contribution in [2.24, 2.45) is 0 Å². The molecule has 0 amide bonds. The Morgan fingerprint density at radius 2 is 1.48 bits per heavy atom. The molecule has 1 aromatic heterocycles. The molecule has 1 nitrogen and oxygen atoms in total. The molecular formula is C20H18N+. The SMILES string of the molecule is C=C[n+]1ccc(-c2ccccc2)cc1Cc1ccccc1. The first-order chi connectivity index (χ1) is 10.4. The van der Waals surface area contributed by atoms with Gasteiger partial charge in [-0.2, -0.15) is 4.57 Å². The van der Waals surface area contributed by atoms with Crippen molar-refractivity contribution in [1.82, 2.24) is 0 Å². The Labute approximate surface area is 125 Å². The molecule has 3 aromatic rings. The summed E-state index contributed by atoms with van der Waals surface area (Å²) in [6.07, 6.45) is 4.83. The second kappa shape index (κ2) is 6.19. The van der Waals surface area contributed by atoms with Crippen LogP contribution < -0.4 is 4.57 Å². The molecule has 0 unspecified atom stereocenters. The van der Waals surface area contributed by atoms with E-state index >= 15 is 0 Å². The van der Waals surface area contributed by atoms with Crippen LogP contribution in [-0.2, 0) is 6.42 Å². The maximum Gasteiger partial charge on any atom is 0.191 e. The predicted octanol–water partition coefficient (Wildman–Crippen LogP) is 4.33. The van der Waals surface area contributed by atoms with Crippen LogP contribution in [0.5, 0.6) is 0 Å². The normalized spacial score (nSPS) is 10.3. The monoisotopic (exact) mass is 272 g/mol. The lowest BCUT2D eigenvalue weighted by molar-refractivity contribution is -0.576. The van der Waals surface area contributed by atoms with E-state index in [0.29, 0.717) is 0 Å². The van der Waals surface area contributed by atoms with E-state index in [2.05, 4.69) is 78.0 Å². The fraction of sp³-hybridized carbons (Fsp3) is 0.0500. The molecule has 0 aliphatic carbocycles. The van der Waals surface area contributed by atoms with E-state index in [4.69, 9.17) is 0 Å². The number of pyridine rings is 1. The van der Waals surface area contributed by atoms with Gasteiger partial charge >= 0.3 is 0 Å². The molecule has 0 aliphatic rings. The van der Waals surface area contributed by atoms with Gasteiger partial charge in [-0.05, 0) is 23.3 Å². The van der Waals surface area contributed by atoms with Crippen LogP contribution >= 0.6 is 0 Å². The Morgan fingerprint density at radius 1 is 0.810 bits per heavy atom. The van der Waals surface area contributed by atoms with Gasteiger partial charge in [-0.25, -0.2) is 0 Å². The zero-order valence-electron chi connectivity index (χ0n) is 11.9. The molecule has 0 saturated carbocycles. The fourth-order valence-electron chi connectivity index (χ4n) is 2.49.